The molecular formula is C10H11IN2O. The van der Waals surface area contributed by atoms with Gasteiger partial charge in [-0.2, -0.15) is 0 Å². The second-order valence-electron chi connectivity index (χ2n) is 3.15. The average Bonchev–Trinajstić information content (AvgIpc) is 2.46. The van der Waals surface area contributed by atoms with Gasteiger partial charge in [0.25, 0.3) is 0 Å². The minimum Gasteiger partial charge on any atom is -0.378 e. The van der Waals surface area contributed by atoms with Crippen LogP contribution < -0.4 is 0 Å². The van der Waals surface area contributed by atoms with E-state index in [0.29, 0.717) is 6.61 Å². The Bertz CT molecular complexity index is 464. The predicted molar refractivity (Wildman–Crippen MR) is 63.4 cm³/mol. The standard InChI is InChI=1S/C10H11IN2O/c1-7-9(6-14-2)12-10-4-3-8(11)5-13(7)10/h3-5H,6H2,1-2H3. The molecule has 2 aromatic heterocycles. The third-order valence-corrected chi connectivity index (χ3v) is 2.84. The molecule has 0 saturated carbocycles. The Morgan fingerprint density at radius 3 is 3.00 bits per heavy atom. The lowest BCUT2D eigenvalue weighted by atomic mass is 10.3. The van der Waals surface area contributed by atoms with Gasteiger partial charge in [-0.25, -0.2) is 4.98 Å². The quantitative estimate of drug-likeness (QED) is 0.796. The zero-order chi connectivity index (χ0) is 10.1. The number of methoxy groups -OCH3 is 1. The molecule has 0 amide bonds. The van der Waals surface area contributed by atoms with E-state index in [4.69, 9.17) is 4.74 Å². The molecule has 0 radical (unpaired) electrons. The van der Waals surface area contributed by atoms with Gasteiger partial charge in [0.05, 0.1) is 12.3 Å². The third-order valence-electron chi connectivity index (χ3n) is 2.20. The largest absolute Gasteiger partial charge is 0.378 e. The van der Waals surface area contributed by atoms with Gasteiger partial charge in [0.1, 0.15) is 5.65 Å². The first-order valence-corrected chi connectivity index (χ1v) is 5.42. The molecule has 2 aromatic rings. The van der Waals surface area contributed by atoms with E-state index in [1.807, 2.05) is 6.07 Å². The highest BCUT2D eigenvalue weighted by molar-refractivity contribution is 14.1. The van der Waals surface area contributed by atoms with Gasteiger partial charge >= 0.3 is 0 Å². The fourth-order valence-electron chi connectivity index (χ4n) is 1.46. The Hall–Kier alpha value is -0.620. The van der Waals surface area contributed by atoms with Crippen LogP contribution in [-0.4, -0.2) is 16.5 Å². The molecule has 2 rings (SSSR count). The van der Waals surface area contributed by atoms with Crippen LogP contribution in [0.1, 0.15) is 11.4 Å². The van der Waals surface area contributed by atoms with Gasteiger partial charge in [-0.1, -0.05) is 0 Å². The summed E-state index contributed by atoms with van der Waals surface area (Å²) in [5, 5.41) is 0. The molecule has 0 aliphatic carbocycles. The summed E-state index contributed by atoms with van der Waals surface area (Å²) < 4.78 is 8.39. The lowest BCUT2D eigenvalue weighted by Crippen LogP contribution is -1.92. The van der Waals surface area contributed by atoms with E-state index in [9.17, 15) is 0 Å². The number of ether oxygens (including phenoxy) is 1. The summed E-state index contributed by atoms with van der Waals surface area (Å²) in [6.45, 7) is 2.63. The van der Waals surface area contributed by atoms with E-state index in [2.05, 4.69) is 51.2 Å². The van der Waals surface area contributed by atoms with E-state index < -0.39 is 0 Å². The van der Waals surface area contributed by atoms with Crippen LogP contribution >= 0.6 is 22.6 Å². The summed E-state index contributed by atoms with van der Waals surface area (Å²) in [5.74, 6) is 0. The average molecular weight is 302 g/mol. The number of aromatic nitrogens is 2. The summed E-state index contributed by atoms with van der Waals surface area (Å²) in [7, 11) is 1.69. The van der Waals surface area contributed by atoms with Gasteiger partial charge in [-0.05, 0) is 41.6 Å². The van der Waals surface area contributed by atoms with E-state index in [1.54, 1.807) is 7.11 Å². The topological polar surface area (TPSA) is 26.5 Å². The Morgan fingerprint density at radius 2 is 2.29 bits per heavy atom. The maximum Gasteiger partial charge on any atom is 0.137 e. The molecule has 0 aliphatic heterocycles. The second kappa shape index (κ2) is 3.86. The van der Waals surface area contributed by atoms with Crippen LogP contribution in [0.4, 0.5) is 0 Å². The SMILES string of the molecule is COCc1nc2ccc(I)cn2c1C. The molecule has 0 spiro atoms. The molecular weight excluding hydrogens is 291 g/mol. The molecule has 3 nitrogen and oxygen atoms in total. The molecule has 0 aromatic carbocycles. The molecule has 0 fully saturated rings. The fraction of sp³-hybridized carbons (Fsp3) is 0.300. The molecule has 0 aliphatic rings. The van der Waals surface area contributed by atoms with Crippen LogP contribution in [0.3, 0.4) is 0 Å². The van der Waals surface area contributed by atoms with E-state index in [1.165, 1.54) is 3.57 Å². The maximum absolute atomic E-state index is 5.09. The van der Waals surface area contributed by atoms with Gasteiger partial charge in [0, 0.05) is 22.6 Å². The van der Waals surface area contributed by atoms with Gasteiger partial charge < -0.3 is 9.14 Å². The van der Waals surface area contributed by atoms with Crippen molar-refractivity contribution in [2.75, 3.05) is 7.11 Å². The summed E-state index contributed by atoms with van der Waals surface area (Å²) in [5.41, 5.74) is 3.14. The van der Waals surface area contributed by atoms with Gasteiger partial charge in [-0.3, -0.25) is 0 Å². The number of pyridine rings is 1. The van der Waals surface area contributed by atoms with E-state index in [0.717, 1.165) is 17.0 Å². The predicted octanol–water partition coefficient (Wildman–Crippen LogP) is 2.39. The lowest BCUT2D eigenvalue weighted by molar-refractivity contribution is 0.181. The van der Waals surface area contributed by atoms with Crippen LogP contribution in [0.25, 0.3) is 5.65 Å². The zero-order valence-corrected chi connectivity index (χ0v) is 10.3. The fourth-order valence-corrected chi connectivity index (χ4v) is 1.92. The first-order chi connectivity index (χ1) is 6.72. The monoisotopic (exact) mass is 302 g/mol. The van der Waals surface area contributed by atoms with Crippen molar-refractivity contribution in [3.05, 3.63) is 33.3 Å². The van der Waals surface area contributed by atoms with Crippen LogP contribution in [0.2, 0.25) is 0 Å². The number of imidazole rings is 1. The summed E-state index contributed by atoms with van der Waals surface area (Å²) in [4.78, 5) is 4.48. The van der Waals surface area contributed by atoms with Crippen LogP contribution in [0, 0.1) is 10.5 Å². The van der Waals surface area contributed by atoms with Gasteiger partial charge in [-0.15, -0.1) is 0 Å². The highest BCUT2D eigenvalue weighted by Gasteiger charge is 2.07. The first kappa shape index (κ1) is 9.92. The highest BCUT2D eigenvalue weighted by atomic mass is 127. The van der Waals surface area contributed by atoms with E-state index >= 15 is 0 Å². The number of hydrogen-bond donors (Lipinski definition) is 0. The smallest absolute Gasteiger partial charge is 0.137 e. The van der Waals surface area contributed by atoms with Crippen LogP contribution in [-0.2, 0) is 11.3 Å². The van der Waals surface area contributed by atoms with E-state index in [-0.39, 0.29) is 0 Å². The molecule has 0 N–H and O–H groups in total. The van der Waals surface area contributed by atoms with Gasteiger partial charge in [0.2, 0.25) is 0 Å². The lowest BCUT2D eigenvalue weighted by Gasteiger charge is -1.97. The summed E-state index contributed by atoms with van der Waals surface area (Å²) >= 11 is 2.30. The normalized spacial score (nSPS) is 11.1. The summed E-state index contributed by atoms with van der Waals surface area (Å²) in [6, 6.07) is 4.08. The summed E-state index contributed by atoms with van der Waals surface area (Å²) in [6.07, 6.45) is 2.08. The molecule has 4 heteroatoms. The van der Waals surface area contributed by atoms with Crippen LogP contribution in [0.15, 0.2) is 18.3 Å². The molecule has 14 heavy (non-hydrogen) atoms. The first-order valence-electron chi connectivity index (χ1n) is 4.34. The van der Waals surface area contributed by atoms with Crippen molar-refractivity contribution < 1.29 is 4.74 Å². The van der Waals surface area contributed by atoms with Crippen molar-refractivity contribution >= 4 is 28.2 Å². The van der Waals surface area contributed by atoms with Crippen molar-refractivity contribution in [1.29, 1.82) is 0 Å². The van der Waals surface area contributed by atoms with Crippen molar-refractivity contribution in [3.8, 4) is 0 Å². The Kier molecular flexibility index (Phi) is 2.73. The highest BCUT2D eigenvalue weighted by Crippen LogP contribution is 2.14. The minimum atomic E-state index is 0.574. The molecule has 0 unspecified atom stereocenters. The Balaban J connectivity index is 2.62. The molecule has 0 saturated heterocycles. The Labute approximate surface area is 96.2 Å². The van der Waals surface area contributed by atoms with Crippen molar-refractivity contribution in [1.82, 2.24) is 9.38 Å². The van der Waals surface area contributed by atoms with Crippen molar-refractivity contribution in [2.45, 2.75) is 13.5 Å². The third kappa shape index (κ3) is 1.64. The van der Waals surface area contributed by atoms with Crippen LogP contribution in [0.5, 0.6) is 0 Å². The maximum atomic E-state index is 5.09. The number of rotatable bonds is 2. The number of nitrogens with zero attached hydrogens (tertiary/aromatic N) is 2. The van der Waals surface area contributed by atoms with Crippen molar-refractivity contribution in [2.24, 2.45) is 0 Å². The van der Waals surface area contributed by atoms with Crippen molar-refractivity contribution in [3.63, 3.8) is 0 Å². The number of fused-ring (bicyclic) bond motifs is 1. The number of aryl methyl sites for hydroxylation is 1. The molecule has 74 valence electrons. The molecule has 0 atom stereocenters. The number of halogens is 1. The Morgan fingerprint density at radius 1 is 1.50 bits per heavy atom. The van der Waals surface area contributed by atoms with Gasteiger partial charge in [0.15, 0.2) is 0 Å². The second-order valence-corrected chi connectivity index (χ2v) is 4.40. The zero-order valence-electron chi connectivity index (χ0n) is 8.12. The molecule has 2 heterocycles. The molecule has 0 bridgehead atoms. The minimum absolute atomic E-state index is 0.574. The number of hydrogen-bond acceptors (Lipinski definition) is 2.